The summed E-state index contributed by atoms with van der Waals surface area (Å²) < 4.78 is 28.4. The molecule has 3 rings (SSSR count). The standard InChI is InChI=1S/C23H32N6O5S/c24-23(25)29-11-4-8-18(13-29)12-19(15-30)26-21(31)14-28-10-5-9-20(22(28)32)27-35(33,34)16-17-6-2-1-3-7-17/h1-3,5-7,9-10,18-19,27,30H,4,8,11-16H2,(H3,24,25)(H,26,31). The SMILES string of the molecule is N=C(N)N1CCCC(CC(CO)NC(=O)Cn2cccc(NS(=O)(=O)Cc3ccccc3)c2=O)C1. The van der Waals surface area contributed by atoms with Crippen LogP contribution in [-0.2, 0) is 27.1 Å². The zero-order valence-electron chi connectivity index (χ0n) is 19.4. The number of benzene rings is 1. The lowest BCUT2D eigenvalue weighted by molar-refractivity contribution is -0.122. The lowest BCUT2D eigenvalue weighted by Gasteiger charge is -2.34. The number of nitrogens with two attached hydrogens (primary N) is 1. The van der Waals surface area contributed by atoms with E-state index in [-0.39, 0.29) is 36.5 Å². The van der Waals surface area contributed by atoms with Crippen molar-refractivity contribution < 1.29 is 18.3 Å². The lowest BCUT2D eigenvalue weighted by atomic mass is 9.91. The van der Waals surface area contributed by atoms with Gasteiger partial charge in [0.05, 0.1) is 18.4 Å². The number of aromatic nitrogens is 1. The molecule has 35 heavy (non-hydrogen) atoms. The Morgan fingerprint density at radius 1 is 1.23 bits per heavy atom. The molecule has 0 aliphatic carbocycles. The predicted octanol–water partition coefficient (Wildman–Crippen LogP) is 0.263. The summed E-state index contributed by atoms with van der Waals surface area (Å²) in [6.45, 7) is 0.715. The van der Waals surface area contributed by atoms with Gasteiger partial charge in [0.1, 0.15) is 12.2 Å². The maximum absolute atomic E-state index is 12.8. The van der Waals surface area contributed by atoms with Crippen LogP contribution in [0.25, 0.3) is 0 Å². The number of piperidine rings is 1. The van der Waals surface area contributed by atoms with E-state index in [2.05, 4.69) is 10.0 Å². The van der Waals surface area contributed by atoms with Crippen molar-refractivity contribution in [2.75, 3.05) is 24.4 Å². The fraction of sp³-hybridized carbons (Fsp3) is 0.435. The second kappa shape index (κ2) is 11.8. The number of rotatable bonds is 10. The summed E-state index contributed by atoms with van der Waals surface area (Å²) in [6.07, 6.45) is 3.69. The summed E-state index contributed by atoms with van der Waals surface area (Å²) in [4.78, 5) is 27.1. The molecule has 0 radical (unpaired) electrons. The van der Waals surface area contributed by atoms with Crippen molar-refractivity contribution in [2.24, 2.45) is 11.7 Å². The molecule has 2 aromatic rings. The molecule has 1 aromatic heterocycles. The molecule has 0 saturated carbocycles. The Morgan fingerprint density at radius 3 is 2.66 bits per heavy atom. The molecule has 1 aromatic carbocycles. The summed E-state index contributed by atoms with van der Waals surface area (Å²) >= 11 is 0. The number of aliphatic hydroxyl groups is 1. The van der Waals surface area contributed by atoms with Crippen LogP contribution in [0.2, 0.25) is 0 Å². The van der Waals surface area contributed by atoms with Crippen molar-refractivity contribution >= 4 is 27.6 Å². The third-order valence-electron chi connectivity index (χ3n) is 5.86. The number of likely N-dealkylation sites (tertiary alicyclic amines) is 1. The van der Waals surface area contributed by atoms with Gasteiger partial charge in [-0.1, -0.05) is 30.3 Å². The van der Waals surface area contributed by atoms with Crippen LogP contribution in [-0.4, -0.2) is 60.6 Å². The number of carbonyl (C=O) groups is 1. The smallest absolute Gasteiger partial charge is 0.275 e. The number of anilines is 1. The molecule has 1 aliphatic rings. The van der Waals surface area contributed by atoms with Crippen molar-refractivity contribution in [1.29, 1.82) is 5.41 Å². The molecule has 0 bridgehead atoms. The van der Waals surface area contributed by atoms with E-state index >= 15 is 0 Å². The van der Waals surface area contributed by atoms with Crippen LogP contribution in [0.15, 0.2) is 53.5 Å². The number of pyridine rings is 1. The number of nitrogens with one attached hydrogen (secondary N) is 3. The molecular formula is C23H32N6O5S. The number of hydrogen-bond acceptors (Lipinski definition) is 6. The van der Waals surface area contributed by atoms with E-state index in [0.717, 1.165) is 24.0 Å². The summed E-state index contributed by atoms with van der Waals surface area (Å²) in [7, 11) is -3.83. The third-order valence-corrected chi connectivity index (χ3v) is 7.11. The molecule has 11 nitrogen and oxygen atoms in total. The topological polar surface area (TPSA) is 171 Å². The Hall–Kier alpha value is -3.38. The van der Waals surface area contributed by atoms with Gasteiger partial charge in [-0.15, -0.1) is 0 Å². The number of guanidine groups is 1. The minimum absolute atomic E-state index is 0.0120. The number of carbonyl (C=O) groups excluding carboxylic acids is 1. The Labute approximate surface area is 204 Å². The molecule has 12 heteroatoms. The Bertz CT molecular complexity index is 1180. The molecular weight excluding hydrogens is 472 g/mol. The minimum atomic E-state index is -3.83. The summed E-state index contributed by atoms with van der Waals surface area (Å²) in [5.74, 6) is -0.592. The molecule has 1 amide bonds. The Kier molecular flexibility index (Phi) is 8.88. The van der Waals surface area contributed by atoms with Crippen LogP contribution < -0.4 is 21.3 Å². The summed E-state index contributed by atoms with van der Waals surface area (Å²) in [5, 5.41) is 20.1. The minimum Gasteiger partial charge on any atom is -0.394 e. The van der Waals surface area contributed by atoms with Gasteiger partial charge in [0.25, 0.3) is 5.56 Å². The van der Waals surface area contributed by atoms with Crippen molar-refractivity contribution in [3.63, 3.8) is 0 Å². The second-order valence-electron chi connectivity index (χ2n) is 8.72. The van der Waals surface area contributed by atoms with E-state index in [1.165, 1.54) is 18.3 Å². The lowest BCUT2D eigenvalue weighted by Crippen LogP contribution is -2.47. The average molecular weight is 505 g/mol. The Balaban J connectivity index is 1.60. The maximum atomic E-state index is 12.8. The van der Waals surface area contributed by atoms with Gasteiger partial charge < -0.3 is 25.6 Å². The van der Waals surface area contributed by atoms with Crippen molar-refractivity contribution in [3.05, 3.63) is 64.6 Å². The first-order chi connectivity index (χ1) is 16.7. The molecule has 2 unspecified atom stereocenters. The number of nitrogens with zero attached hydrogens (tertiary/aromatic N) is 2. The fourth-order valence-electron chi connectivity index (χ4n) is 4.22. The number of hydrogen-bond donors (Lipinski definition) is 5. The zero-order chi connectivity index (χ0) is 25.4. The quantitative estimate of drug-likeness (QED) is 0.228. The van der Waals surface area contributed by atoms with E-state index in [4.69, 9.17) is 11.1 Å². The van der Waals surface area contributed by atoms with Crippen molar-refractivity contribution in [2.45, 2.75) is 37.6 Å². The molecule has 0 spiro atoms. The highest BCUT2D eigenvalue weighted by Gasteiger charge is 2.24. The highest BCUT2D eigenvalue weighted by atomic mass is 32.2. The number of sulfonamides is 1. The van der Waals surface area contributed by atoms with Gasteiger partial charge >= 0.3 is 0 Å². The van der Waals surface area contributed by atoms with E-state index in [0.29, 0.717) is 18.5 Å². The number of aliphatic hydroxyl groups excluding tert-OH is 1. The van der Waals surface area contributed by atoms with E-state index in [9.17, 15) is 23.1 Å². The van der Waals surface area contributed by atoms with Gasteiger partial charge in [-0.3, -0.25) is 19.7 Å². The molecule has 6 N–H and O–H groups in total. The molecule has 1 aliphatic heterocycles. The normalized spacial score (nSPS) is 16.9. The van der Waals surface area contributed by atoms with Crippen LogP contribution in [0, 0.1) is 11.3 Å². The summed E-state index contributed by atoms with van der Waals surface area (Å²) in [5.41, 5.74) is 5.36. The van der Waals surface area contributed by atoms with E-state index in [1.54, 1.807) is 35.2 Å². The Morgan fingerprint density at radius 2 is 1.97 bits per heavy atom. The van der Waals surface area contributed by atoms with Crippen molar-refractivity contribution in [1.82, 2.24) is 14.8 Å². The fourth-order valence-corrected chi connectivity index (χ4v) is 5.42. The monoisotopic (exact) mass is 504 g/mol. The first-order valence-corrected chi connectivity index (χ1v) is 13.0. The van der Waals surface area contributed by atoms with Crippen LogP contribution >= 0.6 is 0 Å². The summed E-state index contributed by atoms with van der Waals surface area (Å²) in [6, 6.07) is 10.9. The van der Waals surface area contributed by atoms with Gasteiger partial charge in [0.2, 0.25) is 15.9 Å². The van der Waals surface area contributed by atoms with Crippen LogP contribution in [0.1, 0.15) is 24.8 Å². The van der Waals surface area contributed by atoms with Gasteiger partial charge in [0.15, 0.2) is 5.96 Å². The van der Waals surface area contributed by atoms with Crippen LogP contribution in [0.4, 0.5) is 5.69 Å². The molecule has 1 fully saturated rings. The predicted molar refractivity (Wildman–Crippen MR) is 133 cm³/mol. The van der Waals surface area contributed by atoms with Gasteiger partial charge in [-0.05, 0) is 42.9 Å². The average Bonchev–Trinajstić information content (AvgIpc) is 2.81. The second-order valence-corrected chi connectivity index (χ2v) is 10.4. The van der Waals surface area contributed by atoms with Gasteiger partial charge in [-0.2, -0.15) is 0 Å². The molecule has 2 heterocycles. The first kappa shape index (κ1) is 26.2. The maximum Gasteiger partial charge on any atom is 0.275 e. The molecule has 190 valence electrons. The molecule has 2 atom stereocenters. The molecule has 1 saturated heterocycles. The highest BCUT2D eigenvalue weighted by molar-refractivity contribution is 7.91. The highest BCUT2D eigenvalue weighted by Crippen LogP contribution is 2.20. The first-order valence-electron chi connectivity index (χ1n) is 11.4. The largest absolute Gasteiger partial charge is 0.394 e. The van der Waals surface area contributed by atoms with Crippen molar-refractivity contribution in [3.8, 4) is 0 Å². The van der Waals surface area contributed by atoms with Crippen LogP contribution in [0.3, 0.4) is 0 Å². The van der Waals surface area contributed by atoms with E-state index < -0.39 is 27.5 Å². The van der Waals surface area contributed by atoms with Gasteiger partial charge in [0, 0.05) is 19.3 Å². The van der Waals surface area contributed by atoms with Crippen LogP contribution in [0.5, 0.6) is 0 Å². The third kappa shape index (κ3) is 7.82. The van der Waals surface area contributed by atoms with E-state index in [1.807, 2.05) is 0 Å². The van der Waals surface area contributed by atoms with Gasteiger partial charge in [-0.25, -0.2) is 8.42 Å². The zero-order valence-corrected chi connectivity index (χ0v) is 20.2. The number of amides is 1.